The molecule has 0 aromatic heterocycles. The molecule has 0 spiro atoms. The Morgan fingerprint density at radius 1 is 1.33 bits per heavy atom. The SMILES string of the molecule is CCC1CCCCCN1C(=O)CNC(=O)CN.Cl. The number of carbonyl (C=O) groups is 2. The molecular weight excluding hydrogens is 254 g/mol. The Kier molecular flexibility index (Phi) is 8.75. The Labute approximate surface area is 115 Å². The van der Waals surface area contributed by atoms with Crippen LogP contribution in [0.25, 0.3) is 0 Å². The number of amides is 2. The number of nitrogens with two attached hydrogens (primary N) is 1. The minimum atomic E-state index is -0.277. The van der Waals surface area contributed by atoms with Crippen molar-refractivity contribution in [1.29, 1.82) is 0 Å². The first-order chi connectivity index (χ1) is 8.19. The molecule has 1 saturated heterocycles. The van der Waals surface area contributed by atoms with E-state index >= 15 is 0 Å². The van der Waals surface area contributed by atoms with Crippen molar-refractivity contribution in [1.82, 2.24) is 10.2 Å². The summed E-state index contributed by atoms with van der Waals surface area (Å²) >= 11 is 0. The fraction of sp³-hybridized carbons (Fsp3) is 0.833. The largest absolute Gasteiger partial charge is 0.346 e. The lowest BCUT2D eigenvalue weighted by Crippen LogP contribution is -2.46. The third-order valence-corrected chi connectivity index (χ3v) is 3.29. The van der Waals surface area contributed by atoms with Gasteiger partial charge in [0, 0.05) is 12.6 Å². The number of nitrogens with zero attached hydrogens (tertiary/aromatic N) is 1. The summed E-state index contributed by atoms with van der Waals surface area (Å²) in [6.45, 7) is 2.93. The van der Waals surface area contributed by atoms with Gasteiger partial charge in [0.15, 0.2) is 0 Å². The molecule has 106 valence electrons. The van der Waals surface area contributed by atoms with E-state index in [1.165, 1.54) is 12.8 Å². The van der Waals surface area contributed by atoms with Crippen LogP contribution in [0, 0.1) is 0 Å². The Hall–Kier alpha value is -0.810. The predicted molar refractivity (Wildman–Crippen MR) is 73.6 cm³/mol. The van der Waals surface area contributed by atoms with E-state index in [0.29, 0.717) is 6.04 Å². The molecule has 0 aromatic carbocycles. The second kappa shape index (κ2) is 9.16. The van der Waals surface area contributed by atoms with Crippen LogP contribution in [-0.4, -0.2) is 42.4 Å². The molecule has 5 nitrogen and oxygen atoms in total. The topological polar surface area (TPSA) is 75.4 Å². The monoisotopic (exact) mass is 277 g/mol. The number of hydrogen-bond acceptors (Lipinski definition) is 3. The van der Waals surface area contributed by atoms with Gasteiger partial charge in [-0.15, -0.1) is 12.4 Å². The van der Waals surface area contributed by atoms with Gasteiger partial charge in [0.25, 0.3) is 0 Å². The van der Waals surface area contributed by atoms with Crippen LogP contribution in [0.2, 0.25) is 0 Å². The van der Waals surface area contributed by atoms with Crippen molar-refractivity contribution in [3.05, 3.63) is 0 Å². The van der Waals surface area contributed by atoms with Gasteiger partial charge in [0.2, 0.25) is 11.8 Å². The van der Waals surface area contributed by atoms with Crippen LogP contribution in [0.1, 0.15) is 39.0 Å². The van der Waals surface area contributed by atoms with Crippen molar-refractivity contribution in [2.24, 2.45) is 5.73 Å². The van der Waals surface area contributed by atoms with Crippen LogP contribution in [0.15, 0.2) is 0 Å². The molecule has 0 radical (unpaired) electrons. The molecule has 1 atom stereocenters. The molecular formula is C12H24ClN3O2. The van der Waals surface area contributed by atoms with Gasteiger partial charge in [-0.25, -0.2) is 0 Å². The average molecular weight is 278 g/mol. The van der Waals surface area contributed by atoms with Crippen LogP contribution in [0.4, 0.5) is 0 Å². The van der Waals surface area contributed by atoms with Crippen LogP contribution in [0.5, 0.6) is 0 Å². The van der Waals surface area contributed by atoms with Crippen molar-refractivity contribution in [2.45, 2.75) is 45.1 Å². The highest BCUT2D eigenvalue weighted by molar-refractivity contribution is 5.86. The number of nitrogens with one attached hydrogen (secondary N) is 1. The second-order valence-corrected chi connectivity index (χ2v) is 4.48. The van der Waals surface area contributed by atoms with Crippen LogP contribution >= 0.6 is 12.4 Å². The van der Waals surface area contributed by atoms with Gasteiger partial charge in [0.05, 0.1) is 13.1 Å². The summed E-state index contributed by atoms with van der Waals surface area (Å²) in [5.74, 6) is -0.262. The maximum absolute atomic E-state index is 12.0. The Bertz CT molecular complexity index is 274. The minimum Gasteiger partial charge on any atom is -0.346 e. The molecule has 0 saturated carbocycles. The van der Waals surface area contributed by atoms with E-state index in [2.05, 4.69) is 12.2 Å². The maximum atomic E-state index is 12.0. The third-order valence-electron chi connectivity index (χ3n) is 3.29. The van der Waals surface area contributed by atoms with Gasteiger partial charge >= 0.3 is 0 Å². The summed E-state index contributed by atoms with van der Waals surface area (Å²) in [5, 5.41) is 2.54. The zero-order valence-corrected chi connectivity index (χ0v) is 11.8. The van der Waals surface area contributed by atoms with E-state index < -0.39 is 0 Å². The van der Waals surface area contributed by atoms with Crippen molar-refractivity contribution in [2.75, 3.05) is 19.6 Å². The number of likely N-dealkylation sites (tertiary alicyclic amines) is 1. The smallest absolute Gasteiger partial charge is 0.242 e. The highest BCUT2D eigenvalue weighted by atomic mass is 35.5. The summed E-state index contributed by atoms with van der Waals surface area (Å²) in [7, 11) is 0. The first-order valence-electron chi connectivity index (χ1n) is 6.45. The Morgan fingerprint density at radius 2 is 2.06 bits per heavy atom. The summed E-state index contributed by atoms with van der Waals surface area (Å²) < 4.78 is 0. The van der Waals surface area contributed by atoms with Gasteiger partial charge in [-0.2, -0.15) is 0 Å². The third kappa shape index (κ3) is 5.23. The first kappa shape index (κ1) is 17.2. The van der Waals surface area contributed by atoms with Crippen molar-refractivity contribution >= 4 is 24.2 Å². The fourth-order valence-corrected chi connectivity index (χ4v) is 2.28. The summed E-state index contributed by atoms with van der Waals surface area (Å²) in [4.78, 5) is 24.9. The van der Waals surface area contributed by atoms with Crippen molar-refractivity contribution in [3.8, 4) is 0 Å². The minimum absolute atomic E-state index is 0. The van der Waals surface area contributed by atoms with Crippen LogP contribution < -0.4 is 11.1 Å². The molecule has 1 heterocycles. The Morgan fingerprint density at radius 3 is 2.67 bits per heavy atom. The molecule has 1 fully saturated rings. The van der Waals surface area contributed by atoms with Crippen LogP contribution in [-0.2, 0) is 9.59 Å². The predicted octanol–water partition coefficient (Wildman–Crippen LogP) is 0.664. The summed E-state index contributed by atoms with van der Waals surface area (Å²) in [6, 6.07) is 0.333. The highest BCUT2D eigenvalue weighted by Gasteiger charge is 2.23. The zero-order valence-electron chi connectivity index (χ0n) is 11.0. The van der Waals surface area contributed by atoms with E-state index in [1.54, 1.807) is 0 Å². The summed E-state index contributed by atoms with van der Waals surface area (Å²) in [6.07, 6.45) is 5.50. The van der Waals surface area contributed by atoms with Gasteiger partial charge < -0.3 is 16.0 Å². The lowest BCUT2D eigenvalue weighted by atomic mass is 10.1. The molecule has 1 aliphatic heterocycles. The van der Waals surface area contributed by atoms with E-state index in [9.17, 15) is 9.59 Å². The highest BCUT2D eigenvalue weighted by Crippen LogP contribution is 2.18. The van der Waals surface area contributed by atoms with E-state index in [0.717, 1.165) is 25.8 Å². The number of hydrogen-bond donors (Lipinski definition) is 2. The molecule has 6 heteroatoms. The maximum Gasteiger partial charge on any atom is 0.242 e. The fourth-order valence-electron chi connectivity index (χ4n) is 2.28. The standard InChI is InChI=1S/C12H23N3O2.ClH/c1-2-10-6-4-3-5-7-15(10)12(17)9-14-11(16)8-13;/h10H,2-9,13H2,1H3,(H,14,16);1H. The molecule has 1 unspecified atom stereocenters. The first-order valence-corrected chi connectivity index (χ1v) is 6.45. The lowest BCUT2D eigenvalue weighted by Gasteiger charge is -2.29. The second-order valence-electron chi connectivity index (χ2n) is 4.48. The van der Waals surface area contributed by atoms with Crippen molar-refractivity contribution in [3.63, 3.8) is 0 Å². The van der Waals surface area contributed by atoms with E-state index in [4.69, 9.17) is 5.73 Å². The normalized spacial score (nSPS) is 19.7. The number of halogens is 1. The molecule has 1 aliphatic rings. The molecule has 0 aliphatic carbocycles. The number of carbonyl (C=O) groups excluding carboxylic acids is 2. The van der Waals surface area contributed by atoms with Crippen molar-refractivity contribution < 1.29 is 9.59 Å². The van der Waals surface area contributed by atoms with Gasteiger partial charge in [-0.05, 0) is 19.3 Å². The average Bonchev–Trinajstić information content (AvgIpc) is 2.60. The van der Waals surface area contributed by atoms with E-state index in [-0.39, 0.29) is 37.3 Å². The van der Waals surface area contributed by atoms with E-state index in [1.807, 2.05) is 4.90 Å². The number of rotatable bonds is 4. The molecule has 1 rings (SSSR count). The van der Waals surface area contributed by atoms with Gasteiger partial charge in [0.1, 0.15) is 0 Å². The van der Waals surface area contributed by atoms with Crippen LogP contribution in [0.3, 0.4) is 0 Å². The van der Waals surface area contributed by atoms with Gasteiger partial charge in [-0.3, -0.25) is 9.59 Å². The molecule has 0 aromatic rings. The summed E-state index contributed by atoms with van der Waals surface area (Å²) in [5.41, 5.74) is 5.18. The molecule has 3 N–H and O–H groups in total. The molecule has 18 heavy (non-hydrogen) atoms. The molecule has 2 amide bonds. The Balaban J connectivity index is 0.00000289. The molecule has 0 bridgehead atoms. The van der Waals surface area contributed by atoms with Gasteiger partial charge in [-0.1, -0.05) is 19.8 Å². The quantitative estimate of drug-likeness (QED) is 0.793. The lowest BCUT2D eigenvalue weighted by molar-refractivity contribution is -0.134. The zero-order chi connectivity index (χ0) is 12.7.